The summed E-state index contributed by atoms with van der Waals surface area (Å²) in [6.07, 6.45) is 1.62. The Bertz CT molecular complexity index is 1170. The minimum atomic E-state index is -0.231. The Balaban J connectivity index is 1.77. The summed E-state index contributed by atoms with van der Waals surface area (Å²) in [5, 5.41) is 0. The maximum absolute atomic E-state index is 13.8. The van der Waals surface area contributed by atoms with Crippen LogP contribution >= 0.6 is 0 Å². The predicted octanol–water partition coefficient (Wildman–Crippen LogP) is 7.05. The number of hydrogen-bond acceptors (Lipinski definition) is 2. The molecule has 178 valence electrons. The van der Waals surface area contributed by atoms with E-state index in [0.29, 0.717) is 6.61 Å². The van der Waals surface area contributed by atoms with E-state index < -0.39 is 0 Å². The second kappa shape index (κ2) is 12.1. The maximum atomic E-state index is 13.8. The van der Waals surface area contributed by atoms with Crippen LogP contribution in [0.5, 0.6) is 5.75 Å². The monoisotopic (exact) mass is 465 g/mol. The zero-order valence-electron chi connectivity index (χ0n) is 20.5. The van der Waals surface area contributed by atoms with Crippen molar-refractivity contribution >= 4 is 5.57 Å². The molecule has 0 amide bonds. The van der Waals surface area contributed by atoms with Crippen molar-refractivity contribution in [2.75, 3.05) is 27.2 Å². The average molecular weight is 466 g/mol. The van der Waals surface area contributed by atoms with Gasteiger partial charge in [0.25, 0.3) is 0 Å². The highest BCUT2D eigenvalue weighted by Gasteiger charge is 2.14. The molecule has 0 unspecified atom stereocenters. The third-order valence-corrected chi connectivity index (χ3v) is 5.96. The highest BCUT2D eigenvalue weighted by molar-refractivity contribution is 5.83. The fraction of sp³-hybridized carbons (Fsp3) is 0.188. The fourth-order valence-electron chi connectivity index (χ4n) is 4.18. The highest BCUT2D eigenvalue weighted by Crippen LogP contribution is 2.32. The smallest absolute Gasteiger partial charge is 0.123 e. The number of hydrogen-bond donors (Lipinski definition) is 0. The number of allylic oxidation sites excluding steroid dienone is 1. The summed E-state index contributed by atoms with van der Waals surface area (Å²) in [6.45, 7) is 1.50. The van der Waals surface area contributed by atoms with Gasteiger partial charge in [-0.3, -0.25) is 0 Å². The van der Waals surface area contributed by atoms with Gasteiger partial charge in [0.1, 0.15) is 18.2 Å². The molecule has 2 nitrogen and oxygen atoms in total. The Labute approximate surface area is 208 Å². The molecule has 0 aliphatic carbocycles. The largest absolute Gasteiger partial charge is 0.492 e. The first kappa shape index (κ1) is 24.4. The Hall–Kier alpha value is -3.69. The van der Waals surface area contributed by atoms with Crippen LogP contribution in [0.25, 0.3) is 5.57 Å². The Morgan fingerprint density at radius 1 is 0.657 bits per heavy atom. The lowest BCUT2D eigenvalue weighted by molar-refractivity contribution is 0.261. The Morgan fingerprint density at radius 2 is 1.14 bits per heavy atom. The number of halogens is 1. The van der Waals surface area contributed by atoms with Gasteiger partial charge < -0.3 is 9.64 Å². The minimum Gasteiger partial charge on any atom is -0.492 e. The van der Waals surface area contributed by atoms with Crippen molar-refractivity contribution in [2.24, 2.45) is 0 Å². The van der Waals surface area contributed by atoms with Crippen LogP contribution in [-0.4, -0.2) is 32.1 Å². The molecule has 4 rings (SSSR count). The van der Waals surface area contributed by atoms with Crippen LogP contribution in [0.4, 0.5) is 4.39 Å². The number of benzene rings is 4. The van der Waals surface area contributed by atoms with E-state index in [2.05, 4.69) is 65.6 Å². The molecule has 0 bridgehead atoms. The van der Waals surface area contributed by atoms with Gasteiger partial charge in [-0.05, 0) is 79.0 Å². The molecule has 3 heteroatoms. The fourth-order valence-corrected chi connectivity index (χ4v) is 4.18. The molecule has 0 radical (unpaired) electrons. The molecule has 4 aromatic carbocycles. The van der Waals surface area contributed by atoms with Crippen molar-refractivity contribution < 1.29 is 9.13 Å². The third kappa shape index (κ3) is 7.14. The number of rotatable bonds is 10. The van der Waals surface area contributed by atoms with Gasteiger partial charge in [0.05, 0.1) is 0 Å². The molecular formula is C32H32FNO. The maximum Gasteiger partial charge on any atom is 0.123 e. The zero-order chi connectivity index (χ0) is 24.5. The van der Waals surface area contributed by atoms with Crippen molar-refractivity contribution in [3.8, 4) is 5.75 Å². The van der Waals surface area contributed by atoms with Crippen LogP contribution in [0.1, 0.15) is 22.3 Å². The van der Waals surface area contributed by atoms with Gasteiger partial charge in [0, 0.05) is 6.54 Å². The van der Waals surface area contributed by atoms with Gasteiger partial charge in [-0.1, -0.05) is 90.5 Å². The van der Waals surface area contributed by atoms with E-state index in [9.17, 15) is 4.39 Å². The van der Waals surface area contributed by atoms with Gasteiger partial charge in [-0.25, -0.2) is 4.39 Å². The van der Waals surface area contributed by atoms with Gasteiger partial charge >= 0.3 is 0 Å². The molecule has 0 spiro atoms. The predicted molar refractivity (Wildman–Crippen MR) is 143 cm³/mol. The average Bonchev–Trinajstić information content (AvgIpc) is 2.87. The van der Waals surface area contributed by atoms with Crippen molar-refractivity contribution in [1.82, 2.24) is 4.90 Å². The lowest BCUT2D eigenvalue weighted by Gasteiger charge is -2.18. The van der Waals surface area contributed by atoms with Gasteiger partial charge in [-0.15, -0.1) is 0 Å². The summed E-state index contributed by atoms with van der Waals surface area (Å²) < 4.78 is 19.8. The summed E-state index contributed by atoms with van der Waals surface area (Å²) in [5.41, 5.74) is 7.03. The molecule has 0 saturated carbocycles. The van der Waals surface area contributed by atoms with Crippen molar-refractivity contribution in [3.05, 3.63) is 143 Å². The number of nitrogens with zero attached hydrogens (tertiary/aromatic N) is 1. The van der Waals surface area contributed by atoms with Crippen LogP contribution in [-0.2, 0) is 12.8 Å². The lowest BCUT2D eigenvalue weighted by atomic mass is 9.86. The van der Waals surface area contributed by atoms with E-state index in [-0.39, 0.29) is 5.82 Å². The molecule has 35 heavy (non-hydrogen) atoms. The summed E-state index contributed by atoms with van der Waals surface area (Å²) in [6, 6.07) is 36.1. The Kier molecular flexibility index (Phi) is 8.48. The van der Waals surface area contributed by atoms with E-state index in [1.165, 1.54) is 28.8 Å². The second-order valence-corrected chi connectivity index (χ2v) is 8.99. The molecule has 0 aromatic heterocycles. The van der Waals surface area contributed by atoms with Crippen molar-refractivity contribution in [3.63, 3.8) is 0 Å². The van der Waals surface area contributed by atoms with Crippen molar-refractivity contribution in [2.45, 2.75) is 12.8 Å². The molecule has 0 aliphatic heterocycles. The lowest BCUT2D eigenvalue weighted by Crippen LogP contribution is -2.19. The number of ether oxygens (including phenoxy) is 1. The van der Waals surface area contributed by atoms with Gasteiger partial charge in [-0.2, -0.15) is 0 Å². The zero-order valence-corrected chi connectivity index (χ0v) is 20.5. The Morgan fingerprint density at radius 3 is 1.63 bits per heavy atom. The summed E-state index contributed by atoms with van der Waals surface area (Å²) in [4.78, 5) is 2.10. The van der Waals surface area contributed by atoms with Crippen LogP contribution < -0.4 is 4.74 Å². The molecule has 0 aliphatic rings. The molecular weight excluding hydrogens is 433 g/mol. The van der Waals surface area contributed by atoms with Gasteiger partial charge in [0.15, 0.2) is 0 Å². The van der Waals surface area contributed by atoms with E-state index in [4.69, 9.17) is 4.74 Å². The second-order valence-electron chi connectivity index (χ2n) is 8.99. The quantitative estimate of drug-likeness (QED) is 0.249. The first-order chi connectivity index (χ1) is 17.1. The highest BCUT2D eigenvalue weighted by atomic mass is 19.1. The first-order valence-electron chi connectivity index (χ1n) is 12.0. The van der Waals surface area contributed by atoms with Crippen LogP contribution in [0.15, 0.2) is 115 Å². The normalized spacial score (nSPS) is 10.9. The van der Waals surface area contributed by atoms with E-state index in [1.54, 1.807) is 0 Å². The SMILES string of the molecule is CN(C)CCOc1ccc(C(=C(Cc2ccccc2)Cc2ccccc2)c2ccc(F)cc2)cc1. The first-order valence-corrected chi connectivity index (χ1v) is 12.0. The molecule has 0 saturated heterocycles. The van der Waals surface area contributed by atoms with Crippen LogP contribution in [0.3, 0.4) is 0 Å². The summed E-state index contributed by atoms with van der Waals surface area (Å²) in [7, 11) is 4.07. The van der Waals surface area contributed by atoms with E-state index in [0.717, 1.165) is 41.8 Å². The minimum absolute atomic E-state index is 0.231. The molecule has 0 N–H and O–H groups in total. The van der Waals surface area contributed by atoms with Gasteiger partial charge in [0.2, 0.25) is 0 Å². The van der Waals surface area contributed by atoms with E-state index in [1.807, 2.05) is 50.5 Å². The van der Waals surface area contributed by atoms with E-state index >= 15 is 0 Å². The standard InChI is InChI=1S/C32H32FNO/c1-34(2)21-22-35-31-19-15-28(16-20-31)32(27-13-17-30(33)18-14-27)29(23-25-9-5-3-6-10-25)24-26-11-7-4-8-12-26/h3-20H,21-24H2,1-2H3. The molecule has 4 aromatic rings. The molecule has 0 heterocycles. The third-order valence-electron chi connectivity index (χ3n) is 5.96. The van der Waals surface area contributed by atoms with Crippen LogP contribution in [0.2, 0.25) is 0 Å². The molecule has 0 atom stereocenters. The summed E-state index contributed by atoms with van der Waals surface area (Å²) in [5.74, 6) is 0.618. The number of likely N-dealkylation sites (N-methyl/N-ethyl adjacent to an activating group) is 1. The van der Waals surface area contributed by atoms with Crippen molar-refractivity contribution in [1.29, 1.82) is 0 Å². The topological polar surface area (TPSA) is 12.5 Å². The molecule has 0 fully saturated rings. The summed E-state index contributed by atoms with van der Waals surface area (Å²) >= 11 is 0. The van der Waals surface area contributed by atoms with Crippen LogP contribution in [0, 0.1) is 5.82 Å².